The Bertz CT molecular complexity index is 1250. The number of fused-ring (bicyclic) bond motifs is 1. The zero-order valence-corrected chi connectivity index (χ0v) is 18.3. The van der Waals surface area contributed by atoms with Gasteiger partial charge in [0.2, 0.25) is 0 Å². The normalized spacial score (nSPS) is 15.9. The van der Waals surface area contributed by atoms with E-state index in [-0.39, 0.29) is 11.8 Å². The van der Waals surface area contributed by atoms with E-state index >= 15 is 0 Å². The molecule has 0 saturated carbocycles. The van der Waals surface area contributed by atoms with Crippen molar-refractivity contribution in [1.29, 1.82) is 0 Å². The number of amides is 2. The molecule has 0 saturated heterocycles. The predicted octanol–water partition coefficient (Wildman–Crippen LogP) is 4.69. The maximum Gasteiger partial charge on any atom is 0.282 e. The van der Waals surface area contributed by atoms with Crippen molar-refractivity contribution in [3.63, 3.8) is 0 Å². The minimum atomic E-state index is -0.365. The van der Waals surface area contributed by atoms with Gasteiger partial charge in [-0.15, -0.1) is 0 Å². The maximum atomic E-state index is 13.8. The first-order valence-electron chi connectivity index (χ1n) is 10.4. The lowest BCUT2D eigenvalue weighted by Gasteiger charge is -2.31. The lowest BCUT2D eigenvalue weighted by molar-refractivity contribution is -0.120. The molecule has 2 amide bonds. The molecule has 2 aliphatic heterocycles. The molecule has 2 aliphatic rings. The zero-order valence-electron chi connectivity index (χ0n) is 17.5. The van der Waals surface area contributed by atoms with Gasteiger partial charge in [0, 0.05) is 18.1 Å². The average Bonchev–Trinajstić information content (AvgIpc) is 3.09. The van der Waals surface area contributed by atoms with Crippen LogP contribution < -0.4 is 9.64 Å². The third-order valence-electron chi connectivity index (χ3n) is 5.97. The minimum absolute atomic E-state index is 0.344. The molecule has 0 bridgehead atoms. The Morgan fingerprint density at radius 3 is 2.28 bits per heavy atom. The van der Waals surface area contributed by atoms with Crippen LogP contribution in [-0.4, -0.2) is 30.4 Å². The number of rotatable bonds is 4. The molecule has 0 fully saturated rings. The van der Waals surface area contributed by atoms with Crippen LogP contribution in [0.15, 0.2) is 78.5 Å². The van der Waals surface area contributed by atoms with Gasteiger partial charge in [0.05, 0.1) is 18.4 Å². The summed E-state index contributed by atoms with van der Waals surface area (Å²) in [5.74, 6) is -0.241. The van der Waals surface area contributed by atoms with E-state index in [0.29, 0.717) is 46.4 Å². The number of carbonyl (C=O) groups excluding carboxylic acids is 2. The second-order valence-corrected chi connectivity index (χ2v) is 8.22. The zero-order chi connectivity index (χ0) is 22.2. The van der Waals surface area contributed by atoms with Crippen molar-refractivity contribution in [3.05, 3.63) is 100 Å². The number of hydrogen-bond donors (Lipinski definition) is 0. The third-order valence-corrected chi connectivity index (χ3v) is 6.22. The van der Waals surface area contributed by atoms with Gasteiger partial charge in [0.15, 0.2) is 0 Å². The SMILES string of the molecule is COc1ccccc1N1C(=O)C(c2ccc(Cl)cc2)=C(N2CCc3ccccc3C2)C1=O. The van der Waals surface area contributed by atoms with E-state index in [0.717, 1.165) is 12.0 Å². The molecule has 0 spiro atoms. The van der Waals surface area contributed by atoms with Crippen molar-refractivity contribution < 1.29 is 14.3 Å². The molecule has 5 rings (SSSR count). The average molecular weight is 445 g/mol. The molecule has 6 heteroatoms. The number of nitrogens with zero attached hydrogens (tertiary/aromatic N) is 2. The van der Waals surface area contributed by atoms with Gasteiger partial charge in [0.1, 0.15) is 11.4 Å². The highest BCUT2D eigenvalue weighted by atomic mass is 35.5. The molecular formula is C26H21ClN2O3. The van der Waals surface area contributed by atoms with Crippen LogP contribution in [0.1, 0.15) is 16.7 Å². The number of benzene rings is 3. The molecule has 3 aromatic carbocycles. The molecule has 5 nitrogen and oxygen atoms in total. The Balaban J connectivity index is 1.64. The first-order chi connectivity index (χ1) is 15.6. The lowest BCUT2D eigenvalue weighted by atomic mass is 9.98. The monoisotopic (exact) mass is 444 g/mol. The molecule has 0 unspecified atom stereocenters. The van der Waals surface area contributed by atoms with E-state index in [2.05, 4.69) is 12.1 Å². The summed E-state index contributed by atoms with van der Waals surface area (Å²) in [6.45, 7) is 1.23. The Kier molecular flexibility index (Phi) is 5.19. The summed E-state index contributed by atoms with van der Waals surface area (Å²) in [4.78, 5) is 30.7. The molecule has 32 heavy (non-hydrogen) atoms. The Morgan fingerprint density at radius 2 is 1.53 bits per heavy atom. The molecule has 2 heterocycles. The van der Waals surface area contributed by atoms with Crippen LogP contribution in [0, 0.1) is 0 Å². The highest BCUT2D eigenvalue weighted by Crippen LogP contribution is 2.39. The van der Waals surface area contributed by atoms with Crippen molar-refractivity contribution in [3.8, 4) is 5.75 Å². The quantitative estimate of drug-likeness (QED) is 0.548. The second-order valence-electron chi connectivity index (χ2n) is 7.79. The number of halogens is 1. The van der Waals surface area contributed by atoms with Crippen LogP contribution in [0.4, 0.5) is 5.69 Å². The van der Waals surface area contributed by atoms with Crippen LogP contribution in [0.3, 0.4) is 0 Å². The number of imide groups is 1. The Hall–Kier alpha value is -3.57. The van der Waals surface area contributed by atoms with Gasteiger partial charge in [-0.3, -0.25) is 9.59 Å². The van der Waals surface area contributed by atoms with Crippen molar-refractivity contribution in [2.45, 2.75) is 13.0 Å². The summed E-state index contributed by atoms with van der Waals surface area (Å²) in [7, 11) is 1.53. The first-order valence-corrected chi connectivity index (χ1v) is 10.8. The lowest BCUT2D eigenvalue weighted by Crippen LogP contribution is -2.37. The largest absolute Gasteiger partial charge is 0.495 e. The van der Waals surface area contributed by atoms with Crippen molar-refractivity contribution in [2.24, 2.45) is 0 Å². The predicted molar refractivity (Wildman–Crippen MR) is 124 cm³/mol. The van der Waals surface area contributed by atoms with Gasteiger partial charge < -0.3 is 9.64 Å². The van der Waals surface area contributed by atoms with Gasteiger partial charge >= 0.3 is 0 Å². The topological polar surface area (TPSA) is 49.9 Å². The number of anilines is 1. The summed E-state index contributed by atoms with van der Waals surface area (Å²) in [5, 5.41) is 0.571. The fourth-order valence-electron chi connectivity index (χ4n) is 4.41. The van der Waals surface area contributed by atoms with Crippen molar-refractivity contribution >= 4 is 34.7 Å². The van der Waals surface area contributed by atoms with E-state index in [1.807, 2.05) is 23.1 Å². The number of hydrogen-bond acceptors (Lipinski definition) is 4. The van der Waals surface area contributed by atoms with Gasteiger partial charge in [-0.05, 0) is 47.4 Å². The molecule has 0 aromatic heterocycles. The van der Waals surface area contributed by atoms with Crippen LogP contribution in [0.2, 0.25) is 5.02 Å². The van der Waals surface area contributed by atoms with Gasteiger partial charge in [-0.1, -0.05) is 60.1 Å². The molecule has 0 radical (unpaired) electrons. The summed E-state index contributed by atoms with van der Waals surface area (Å²) in [6, 6.07) is 22.3. The second kappa shape index (κ2) is 8.17. The highest BCUT2D eigenvalue weighted by Gasteiger charge is 2.43. The Morgan fingerprint density at radius 1 is 0.844 bits per heavy atom. The molecule has 160 valence electrons. The van der Waals surface area contributed by atoms with E-state index in [1.165, 1.54) is 17.6 Å². The smallest absolute Gasteiger partial charge is 0.282 e. The van der Waals surface area contributed by atoms with E-state index in [1.54, 1.807) is 42.5 Å². The summed E-state index contributed by atoms with van der Waals surface area (Å²) < 4.78 is 5.44. The van der Waals surface area contributed by atoms with E-state index < -0.39 is 0 Å². The van der Waals surface area contributed by atoms with Crippen LogP contribution in [0.25, 0.3) is 5.57 Å². The maximum absolute atomic E-state index is 13.8. The van der Waals surface area contributed by atoms with Crippen molar-refractivity contribution in [1.82, 2.24) is 4.90 Å². The van der Waals surface area contributed by atoms with E-state index in [4.69, 9.17) is 16.3 Å². The highest BCUT2D eigenvalue weighted by molar-refractivity contribution is 6.45. The molecular weight excluding hydrogens is 424 g/mol. The molecule has 0 atom stereocenters. The third kappa shape index (κ3) is 3.35. The van der Waals surface area contributed by atoms with Crippen molar-refractivity contribution in [2.75, 3.05) is 18.6 Å². The number of methoxy groups -OCH3 is 1. The molecule has 0 aliphatic carbocycles. The standard InChI is InChI=1S/C26H21ClN2O3/c1-32-22-9-5-4-8-21(22)29-25(30)23(18-10-12-20(27)13-11-18)24(26(29)31)28-15-14-17-6-2-3-7-19(17)16-28/h2-13H,14-16H2,1H3. The minimum Gasteiger partial charge on any atom is -0.495 e. The number of carbonyl (C=O) groups is 2. The fraction of sp³-hybridized carbons (Fsp3) is 0.154. The first kappa shape index (κ1) is 20.3. The van der Waals surface area contributed by atoms with E-state index in [9.17, 15) is 9.59 Å². The van der Waals surface area contributed by atoms with Crippen LogP contribution in [0.5, 0.6) is 5.75 Å². The number of para-hydroxylation sites is 2. The molecule has 3 aromatic rings. The summed E-state index contributed by atoms with van der Waals surface area (Å²) in [5.41, 5.74) is 4.34. The fourth-order valence-corrected chi connectivity index (χ4v) is 4.53. The Labute approximate surface area is 191 Å². The molecule has 0 N–H and O–H groups in total. The van der Waals surface area contributed by atoms with Gasteiger partial charge in [0.25, 0.3) is 11.8 Å². The summed E-state index contributed by atoms with van der Waals surface area (Å²) >= 11 is 6.08. The van der Waals surface area contributed by atoms with Gasteiger partial charge in [-0.2, -0.15) is 0 Å². The van der Waals surface area contributed by atoms with Crippen LogP contribution in [-0.2, 0) is 22.6 Å². The van der Waals surface area contributed by atoms with Gasteiger partial charge in [-0.25, -0.2) is 4.90 Å². The van der Waals surface area contributed by atoms with Crippen LogP contribution >= 0.6 is 11.6 Å². The summed E-state index contributed by atoms with van der Waals surface area (Å²) in [6.07, 6.45) is 0.809. The number of ether oxygens (including phenoxy) is 1.